The van der Waals surface area contributed by atoms with Crippen LogP contribution in [0, 0.1) is 13.8 Å². The first kappa shape index (κ1) is 24.5. The average Bonchev–Trinajstić information content (AvgIpc) is 3.10. The quantitative estimate of drug-likeness (QED) is 0.443. The molecule has 3 N–H and O–H groups in total. The van der Waals surface area contributed by atoms with Gasteiger partial charge in [-0.1, -0.05) is 30.3 Å². The molecule has 9 heteroatoms. The number of rotatable bonds is 8. The first-order chi connectivity index (χ1) is 16.2. The Bertz CT molecular complexity index is 1150. The molecule has 0 spiro atoms. The van der Waals surface area contributed by atoms with E-state index in [2.05, 4.69) is 21.0 Å². The van der Waals surface area contributed by atoms with Crippen molar-refractivity contribution in [3.63, 3.8) is 0 Å². The van der Waals surface area contributed by atoms with Gasteiger partial charge in [0.25, 0.3) is 5.91 Å². The summed E-state index contributed by atoms with van der Waals surface area (Å²) in [6.45, 7) is 7.31. The number of para-hydroxylation sites is 1. The lowest BCUT2D eigenvalue weighted by Crippen LogP contribution is -2.39. The monoisotopic (exact) mass is 463 g/mol. The average molecular weight is 464 g/mol. The van der Waals surface area contributed by atoms with E-state index < -0.39 is 18.5 Å². The van der Waals surface area contributed by atoms with Gasteiger partial charge < -0.3 is 20.7 Å². The zero-order valence-electron chi connectivity index (χ0n) is 19.7. The van der Waals surface area contributed by atoms with Gasteiger partial charge in [-0.2, -0.15) is 5.10 Å². The third kappa shape index (κ3) is 6.44. The highest BCUT2D eigenvalue weighted by Crippen LogP contribution is 2.22. The maximum atomic E-state index is 12.4. The molecular formula is C25H29N5O4. The molecule has 2 aromatic carbocycles. The van der Waals surface area contributed by atoms with Crippen LogP contribution in [0.1, 0.15) is 41.2 Å². The number of esters is 1. The van der Waals surface area contributed by atoms with Crippen LogP contribution in [0.25, 0.3) is 5.69 Å². The third-order valence-corrected chi connectivity index (χ3v) is 4.95. The molecule has 3 rings (SSSR count). The highest BCUT2D eigenvalue weighted by Gasteiger charge is 2.17. The Morgan fingerprint density at radius 3 is 2.32 bits per heavy atom. The minimum Gasteiger partial charge on any atom is -0.452 e. The number of benzene rings is 2. The summed E-state index contributed by atoms with van der Waals surface area (Å²) in [4.78, 5) is 36.4. The minimum absolute atomic E-state index is 0.0437. The molecular weight excluding hydrogens is 434 g/mol. The van der Waals surface area contributed by atoms with Crippen molar-refractivity contribution in [1.82, 2.24) is 20.4 Å². The molecule has 3 amide bonds. The zero-order valence-corrected chi connectivity index (χ0v) is 19.7. The van der Waals surface area contributed by atoms with E-state index in [1.54, 1.807) is 35.9 Å². The molecule has 0 aliphatic carbocycles. The number of anilines is 1. The van der Waals surface area contributed by atoms with Crippen LogP contribution >= 0.6 is 0 Å². The number of carbonyl (C=O) groups excluding carboxylic acids is 3. The lowest BCUT2D eigenvalue weighted by molar-refractivity contribution is -0.119. The molecule has 0 atom stereocenters. The van der Waals surface area contributed by atoms with Gasteiger partial charge in [0.05, 0.1) is 28.3 Å². The molecule has 0 saturated carbocycles. The smallest absolute Gasteiger partial charge is 0.338 e. The van der Waals surface area contributed by atoms with Crippen molar-refractivity contribution in [3.05, 3.63) is 77.1 Å². The molecule has 34 heavy (non-hydrogen) atoms. The number of hydrogen-bond acceptors (Lipinski definition) is 5. The van der Waals surface area contributed by atoms with Gasteiger partial charge in [-0.25, -0.2) is 14.3 Å². The number of amides is 3. The molecule has 0 radical (unpaired) electrons. The van der Waals surface area contributed by atoms with Crippen LogP contribution in [0.4, 0.5) is 10.5 Å². The third-order valence-electron chi connectivity index (χ3n) is 4.95. The first-order valence-corrected chi connectivity index (χ1v) is 11.0. The van der Waals surface area contributed by atoms with Crippen molar-refractivity contribution in [1.29, 1.82) is 0 Å². The molecule has 0 aliphatic rings. The Hall–Kier alpha value is -4.14. The van der Waals surface area contributed by atoms with Crippen molar-refractivity contribution >= 4 is 23.6 Å². The van der Waals surface area contributed by atoms with Gasteiger partial charge in [0.1, 0.15) is 0 Å². The number of hydrogen-bond donors (Lipinski definition) is 3. The number of urea groups is 1. The minimum atomic E-state index is -0.611. The molecule has 0 aliphatic heterocycles. The number of aryl methyl sites for hydroxylation is 1. The van der Waals surface area contributed by atoms with E-state index in [0.29, 0.717) is 23.5 Å². The summed E-state index contributed by atoms with van der Waals surface area (Å²) in [7, 11) is 0. The van der Waals surface area contributed by atoms with Crippen LogP contribution in [-0.4, -0.2) is 40.3 Å². The summed E-state index contributed by atoms with van der Waals surface area (Å²) in [6.07, 6.45) is 0. The van der Waals surface area contributed by atoms with E-state index >= 15 is 0 Å². The van der Waals surface area contributed by atoms with Gasteiger partial charge in [0, 0.05) is 12.6 Å². The second-order valence-corrected chi connectivity index (χ2v) is 8.10. The van der Waals surface area contributed by atoms with Crippen molar-refractivity contribution in [2.75, 3.05) is 11.9 Å². The van der Waals surface area contributed by atoms with E-state index in [0.717, 1.165) is 16.9 Å². The summed E-state index contributed by atoms with van der Waals surface area (Å²) in [5, 5.41) is 12.7. The van der Waals surface area contributed by atoms with E-state index in [4.69, 9.17) is 4.74 Å². The van der Waals surface area contributed by atoms with Crippen molar-refractivity contribution in [2.24, 2.45) is 0 Å². The zero-order chi connectivity index (χ0) is 24.7. The SMILES string of the molecule is Cc1nn(-c2ccccc2)c(C)c1NC(=O)COC(=O)c1ccc(CNC(=O)NC(C)C)cc1. The van der Waals surface area contributed by atoms with Crippen LogP contribution in [0.3, 0.4) is 0 Å². The fourth-order valence-corrected chi connectivity index (χ4v) is 3.29. The molecule has 0 saturated heterocycles. The van der Waals surface area contributed by atoms with Crippen molar-refractivity contribution in [2.45, 2.75) is 40.3 Å². The van der Waals surface area contributed by atoms with Gasteiger partial charge in [0.2, 0.25) is 0 Å². The Labute approximate surface area is 198 Å². The van der Waals surface area contributed by atoms with Gasteiger partial charge in [-0.15, -0.1) is 0 Å². The first-order valence-electron chi connectivity index (χ1n) is 11.0. The van der Waals surface area contributed by atoms with Crippen LogP contribution < -0.4 is 16.0 Å². The summed E-state index contributed by atoms with van der Waals surface area (Å²) in [5.74, 6) is -1.07. The largest absolute Gasteiger partial charge is 0.452 e. The second kappa shape index (κ2) is 11.1. The molecule has 9 nitrogen and oxygen atoms in total. The maximum absolute atomic E-state index is 12.4. The van der Waals surface area contributed by atoms with Crippen molar-refractivity contribution in [3.8, 4) is 5.69 Å². The van der Waals surface area contributed by atoms with Gasteiger partial charge >= 0.3 is 12.0 Å². The number of nitrogens with one attached hydrogen (secondary N) is 3. The van der Waals surface area contributed by atoms with E-state index in [1.165, 1.54) is 0 Å². The number of aromatic nitrogens is 2. The second-order valence-electron chi connectivity index (χ2n) is 8.10. The standard InChI is InChI=1S/C25H29N5O4/c1-16(2)27-25(33)26-14-19-10-12-20(13-11-19)24(32)34-15-22(31)28-23-17(3)29-30(18(23)4)21-8-6-5-7-9-21/h5-13,16H,14-15H2,1-4H3,(H,28,31)(H2,26,27,33). The van der Waals surface area contributed by atoms with Crippen LogP contribution in [0.2, 0.25) is 0 Å². The summed E-state index contributed by atoms with van der Waals surface area (Å²) < 4.78 is 6.91. The highest BCUT2D eigenvalue weighted by molar-refractivity contribution is 5.96. The lowest BCUT2D eigenvalue weighted by Gasteiger charge is -2.10. The Kier molecular flexibility index (Phi) is 8.02. The van der Waals surface area contributed by atoms with Crippen LogP contribution in [-0.2, 0) is 16.1 Å². The predicted octanol–water partition coefficient (Wildman–Crippen LogP) is 3.49. The Morgan fingerprint density at radius 1 is 1.00 bits per heavy atom. The molecule has 0 unspecified atom stereocenters. The number of ether oxygens (including phenoxy) is 1. The molecule has 0 fully saturated rings. The van der Waals surface area contributed by atoms with Gasteiger partial charge in [-0.3, -0.25) is 4.79 Å². The molecule has 0 bridgehead atoms. The normalized spacial score (nSPS) is 10.6. The molecule has 1 heterocycles. The van der Waals surface area contributed by atoms with E-state index in [1.807, 2.05) is 51.1 Å². The van der Waals surface area contributed by atoms with E-state index in [-0.39, 0.29) is 12.1 Å². The number of carbonyl (C=O) groups is 3. The fraction of sp³-hybridized carbons (Fsp3) is 0.280. The van der Waals surface area contributed by atoms with Crippen LogP contribution in [0.15, 0.2) is 54.6 Å². The molecule has 1 aromatic heterocycles. The molecule has 3 aromatic rings. The summed E-state index contributed by atoms with van der Waals surface area (Å²) in [5.41, 5.74) is 4.04. The molecule has 178 valence electrons. The fourth-order valence-electron chi connectivity index (χ4n) is 3.29. The van der Waals surface area contributed by atoms with Gasteiger partial charge in [-0.05, 0) is 57.5 Å². The Balaban J connectivity index is 1.52. The van der Waals surface area contributed by atoms with E-state index in [9.17, 15) is 14.4 Å². The predicted molar refractivity (Wildman–Crippen MR) is 129 cm³/mol. The lowest BCUT2D eigenvalue weighted by atomic mass is 10.1. The van der Waals surface area contributed by atoms with Crippen molar-refractivity contribution < 1.29 is 19.1 Å². The Morgan fingerprint density at radius 2 is 1.68 bits per heavy atom. The number of nitrogens with zero attached hydrogens (tertiary/aromatic N) is 2. The topological polar surface area (TPSA) is 114 Å². The highest BCUT2D eigenvalue weighted by atomic mass is 16.5. The van der Waals surface area contributed by atoms with Crippen LogP contribution in [0.5, 0.6) is 0 Å². The summed E-state index contributed by atoms with van der Waals surface area (Å²) >= 11 is 0. The summed E-state index contributed by atoms with van der Waals surface area (Å²) in [6, 6.07) is 16.0. The maximum Gasteiger partial charge on any atom is 0.338 e. The van der Waals surface area contributed by atoms with Gasteiger partial charge in [0.15, 0.2) is 6.61 Å².